The van der Waals surface area contributed by atoms with Crippen LogP contribution < -0.4 is 5.32 Å². The van der Waals surface area contributed by atoms with Crippen LogP contribution in [0.2, 0.25) is 0 Å². The molecule has 0 spiro atoms. The molecule has 1 aliphatic heterocycles. The Morgan fingerprint density at radius 3 is 2.81 bits per heavy atom. The number of sulfone groups is 1. The van der Waals surface area contributed by atoms with Gasteiger partial charge in [-0.25, -0.2) is 8.42 Å². The first kappa shape index (κ1) is 13.4. The monoisotopic (exact) mass is 249 g/mol. The van der Waals surface area contributed by atoms with Gasteiger partial charge in [0.25, 0.3) is 0 Å². The lowest BCUT2D eigenvalue weighted by Gasteiger charge is -2.22. The summed E-state index contributed by atoms with van der Waals surface area (Å²) in [7, 11) is -1.86. The van der Waals surface area contributed by atoms with E-state index in [1.165, 1.54) is 7.11 Å². The second-order valence-electron chi connectivity index (χ2n) is 4.15. The molecular formula is C10H19NO4S. The minimum atomic E-state index is -3.13. The Hall–Kier alpha value is -0.620. The maximum atomic E-state index is 11.7. The molecule has 1 N–H and O–H groups in total. The Morgan fingerprint density at radius 1 is 1.50 bits per heavy atom. The number of ether oxygens (including phenoxy) is 1. The van der Waals surface area contributed by atoms with Crippen LogP contribution in [0.3, 0.4) is 0 Å². The highest BCUT2D eigenvalue weighted by Gasteiger charge is 2.21. The molecule has 16 heavy (non-hydrogen) atoms. The predicted molar refractivity (Wildman–Crippen MR) is 60.9 cm³/mol. The highest BCUT2D eigenvalue weighted by molar-refractivity contribution is 7.91. The van der Waals surface area contributed by atoms with E-state index in [2.05, 4.69) is 10.1 Å². The normalized spacial score (nSPS) is 21.7. The minimum absolute atomic E-state index is 0.0427. The zero-order valence-electron chi connectivity index (χ0n) is 9.57. The van der Waals surface area contributed by atoms with Gasteiger partial charge in [0.1, 0.15) is 0 Å². The third-order valence-corrected chi connectivity index (χ3v) is 4.54. The molecule has 0 radical (unpaired) electrons. The number of hydrogen-bond donors (Lipinski definition) is 1. The molecule has 0 amide bonds. The van der Waals surface area contributed by atoms with Crippen LogP contribution in [0.4, 0.5) is 0 Å². The number of carbonyl (C=O) groups is 1. The Morgan fingerprint density at radius 2 is 2.25 bits per heavy atom. The minimum Gasteiger partial charge on any atom is -0.469 e. The van der Waals surface area contributed by atoms with E-state index in [-0.39, 0.29) is 23.8 Å². The van der Waals surface area contributed by atoms with Gasteiger partial charge in [-0.2, -0.15) is 0 Å². The van der Waals surface area contributed by atoms with Gasteiger partial charge < -0.3 is 10.1 Å². The molecule has 0 bridgehead atoms. The largest absolute Gasteiger partial charge is 0.469 e. The summed E-state index contributed by atoms with van der Waals surface area (Å²) in [5, 5.41) is 3.18. The molecule has 1 fully saturated rings. The molecule has 1 heterocycles. The summed E-state index contributed by atoms with van der Waals surface area (Å²) in [5.41, 5.74) is 0. The molecular weight excluding hydrogens is 230 g/mol. The lowest BCUT2D eigenvalue weighted by molar-refractivity contribution is -0.140. The van der Waals surface area contributed by atoms with Gasteiger partial charge in [-0.05, 0) is 31.8 Å². The van der Waals surface area contributed by atoms with Crippen molar-refractivity contribution in [2.24, 2.45) is 5.92 Å². The van der Waals surface area contributed by atoms with E-state index in [0.717, 1.165) is 25.9 Å². The third kappa shape index (κ3) is 4.94. The predicted octanol–water partition coefficient (Wildman–Crippen LogP) is -0.0361. The van der Waals surface area contributed by atoms with Gasteiger partial charge in [0.05, 0.1) is 25.0 Å². The zero-order valence-corrected chi connectivity index (χ0v) is 10.4. The fraction of sp³-hybridized carbons (Fsp3) is 0.900. The Labute approximate surface area is 96.5 Å². The summed E-state index contributed by atoms with van der Waals surface area (Å²) < 4.78 is 27.8. The Bertz CT molecular complexity index is 320. The molecule has 5 nitrogen and oxygen atoms in total. The summed E-state index contributed by atoms with van der Waals surface area (Å²) in [6, 6.07) is 0. The molecule has 6 heteroatoms. The molecule has 1 unspecified atom stereocenters. The van der Waals surface area contributed by atoms with Crippen LogP contribution in [-0.2, 0) is 19.4 Å². The van der Waals surface area contributed by atoms with Crippen LogP contribution in [0, 0.1) is 5.92 Å². The summed E-state index contributed by atoms with van der Waals surface area (Å²) in [6.07, 6.45) is 1.93. The van der Waals surface area contributed by atoms with E-state index in [4.69, 9.17) is 0 Å². The number of methoxy groups -OCH3 is 1. The second kappa shape index (κ2) is 6.20. The fourth-order valence-corrected chi connectivity index (χ4v) is 3.50. The smallest absolute Gasteiger partial charge is 0.306 e. The van der Waals surface area contributed by atoms with E-state index in [1.807, 2.05) is 0 Å². The summed E-state index contributed by atoms with van der Waals surface area (Å²) in [5.74, 6) is -0.200. The van der Waals surface area contributed by atoms with Gasteiger partial charge in [0.2, 0.25) is 0 Å². The SMILES string of the molecule is COC(=O)CCS(=O)(=O)CC1CCCNC1. The topological polar surface area (TPSA) is 72.5 Å². The van der Waals surface area contributed by atoms with Crippen molar-refractivity contribution in [2.45, 2.75) is 19.3 Å². The molecule has 1 saturated heterocycles. The zero-order chi connectivity index (χ0) is 12.0. The van der Waals surface area contributed by atoms with Gasteiger partial charge in [0.15, 0.2) is 9.84 Å². The van der Waals surface area contributed by atoms with Gasteiger partial charge in [-0.3, -0.25) is 4.79 Å². The van der Waals surface area contributed by atoms with Crippen molar-refractivity contribution in [2.75, 3.05) is 31.7 Å². The van der Waals surface area contributed by atoms with E-state index >= 15 is 0 Å². The van der Waals surface area contributed by atoms with Crippen LogP contribution in [0.1, 0.15) is 19.3 Å². The van der Waals surface area contributed by atoms with E-state index in [0.29, 0.717) is 0 Å². The average Bonchev–Trinajstić information content (AvgIpc) is 2.27. The van der Waals surface area contributed by atoms with Gasteiger partial charge in [0, 0.05) is 0 Å². The standard InChI is InChI=1S/C10H19NO4S/c1-15-10(12)4-6-16(13,14)8-9-3-2-5-11-7-9/h9,11H,2-8H2,1H3. The molecule has 0 saturated carbocycles. The Kier molecular flexibility index (Phi) is 5.21. The van der Waals surface area contributed by atoms with Crippen LogP contribution in [0.15, 0.2) is 0 Å². The maximum Gasteiger partial charge on any atom is 0.306 e. The molecule has 0 aromatic rings. The van der Waals surface area contributed by atoms with Crippen molar-refractivity contribution in [1.29, 1.82) is 0 Å². The number of hydrogen-bond acceptors (Lipinski definition) is 5. The molecule has 0 aromatic heterocycles. The van der Waals surface area contributed by atoms with Crippen molar-refractivity contribution >= 4 is 15.8 Å². The van der Waals surface area contributed by atoms with Crippen molar-refractivity contribution in [3.8, 4) is 0 Å². The fourth-order valence-electron chi connectivity index (χ4n) is 1.85. The van der Waals surface area contributed by atoms with E-state index < -0.39 is 15.8 Å². The first-order valence-corrected chi connectivity index (χ1v) is 7.33. The lowest BCUT2D eigenvalue weighted by atomic mass is 10.0. The highest BCUT2D eigenvalue weighted by Crippen LogP contribution is 2.13. The quantitative estimate of drug-likeness (QED) is 0.692. The maximum absolute atomic E-state index is 11.7. The molecule has 0 aromatic carbocycles. The number of nitrogens with one attached hydrogen (secondary N) is 1. The highest BCUT2D eigenvalue weighted by atomic mass is 32.2. The third-order valence-electron chi connectivity index (χ3n) is 2.73. The average molecular weight is 249 g/mol. The van der Waals surface area contributed by atoms with E-state index in [1.54, 1.807) is 0 Å². The summed E-state index contributed by atoms with van der Waals surface area (Å²) in [4.78, 5) is 10.9. The first-order chi connectivity index (χ1) is 7.53. The van der Waals surface area contributed by atoms with Gasteiger partial charge >= 0.3 is 5.97 Å². The number of carbonyl (C=O) groups excluding carboxylic acids is 1. The van der Waals surface area contributed by atoms with Crippen molar-refractivity contribution in [1.82, 2.24) is 5.32 Å². The van der Waals surface area contributed by atoms with Crippen LogP contribution in [0.25, 0.3) is 0 Å². The van der Waals surface area contributed by atoms with E-state index in [9.17, 15) is 13.2 Å². The van der Waals surface area contributed by atoms with Crippen LogP contribution >= 0.6 is 0 Å². The summed E-state index contributed by atoms with van der Waals surface area (Å²) >= 11 is 0. The number of esters is 1. The van der Waals surface area contributed by atoms with Crippen LogP contribution in [0.5, 0.6) is 0 Å². The lowest BCUT2D eigenvalue weighted by Crippen LogP contribution is -2.34. The molecule has 1 aliphatic rings. The van der Waals surface area contributed by atoms with Crippen molar-refractivity contribution in [3.63, 3.8) is 0 Å². The van der Waals surface area contributed by atoms with Crippen molar-refractivity contribution < 1.29 is 17.9 Å². The second-order valence-corrected chi connectivity index (χ2v) is 6.38. The Balaban J connectivity index is 2.35. The first-order valence-electron chi connectivity index (χ1n) is 5.51. The van der Waals surface area contributed by atoms with Crippen molar-refractivity contribution in [3.05, 3.63) is 0 Å². The number of piperidine rings is 1. The number of rotatable bonds is 5. The molecule has 1 atom stereocenters. The molecule has 94 valence electrons. The van der Waals surface area contributed by atoms with Gasteiger partial charge in [-0.1, -0.05) is 0 Å². The van der Waals surface area contributed by atoms with Gasteiger partial charge in [-0.15, -0.1) is 0 Å². The molecule has 1 rings (SSSR count). The van der Waals surface area contributed by atoms with Crippen LogP contribution in [-0.4, -0.2) is 46.1 Å². The summed E-state index contributed by atoms with van der Waals surface area (Å²) in [6.45, 7) is 1.73. The molecule has 0 aliphatic carbocycles.